The number of carbonyl (C=O) groups is 1. The molecule has 284 valence electrons. The number of hydrogen-bond acceptors (Lipinski definition) is 10. The SMILES string of the molecule is C=CCO[C@@]12Oc3ccc(OCCN4CC4)cc3[C@H]3[C@H](CCCCO)[C@@H](CCCCO)C=C(C(=NOC(C)(C)C)C[C@@H]1N(CCC)C(=O)OC)[C@H]32. The van der Waals surface area contributed by atoms with E-state index in [0.29, 0.717) is 38.2 Å². The second-order valence-corrected chi connectivity index (χ2v) is 15.3. The molecule has 1 amide bonds. The summed E-state index contributed by atoms with van der Waals surface area (Å²) in [4.78, 5) is 23.9. The average Bonchev–Trinajstić information content (AvgIpc) is 3.94. The van der Waals surface area contributed by atoms with Crippen LogP contribution >= 0.6 is 0 Å². The van der Waals surface area contributed by atoms with Crippen LogP contribution < -0.4 is 9.47 Å². The average molecular weight is 712 g/mol. The number of benzene rings is 1. The van der Waals surface area contributed by atoms with Gasteiger partial charge in [0.25, 0.3) is 0 Å². The number of fused-ring (bicyclic) bond motifs is 2. The van der Waals surface area contributed by atoms with Gasteiger partial charge in [-0.25, -0.2) is 4.79 Å². The van der Waals surface area contributed by atoms with Gasteiger partial charge < -0.3 is 34.0 Å². The Kier molecular flexibility index (Phi) is 13.5. The van der Waals surface area contributed by atoms with E-state index in [1.54, 1.807) is 11.0 Å². The van der Waals surface area contributed by atoms with Crippen LogP contribution in [0, 0.1) is 17.8 Å². The Morgan fingerprint density at radius 3 is 2.55 bits per heavy atom. The molecule has 5 rings (SSSR count). The molecule has 2 heterocycles. The summed E-state index contributed by atoms with van der Waals surface area (Å²) in [6.45, 7) is 16.6. The minimum absolute atomic E-state index is 0.101. The number of carbonyl (C=O) groups excluding carboxylic acids is 1. The highest BCUT2D eigenvalue weighted by Crippen LogP contribution is 2.62. The van der Waals surface area contributed by atoms with E-state index in [0.717, 1.165) is 74.3 Å². The number of aliphatic hydroxyl groups excluding tert-OH is 2. The summed E-state index contributed by atoms with van der Waals surface area (Å²) >= 11 is 0. The largest absolute Gasteiger partial charge is 0.492 e. The van der Waals surface area contributed by atoms with Crippen LogP contribution in [-0.4, -0.2) is 109 Å². The molecule has 1 aromatic carbocycles. The van der Waals surface area contributed by atoms with E-state index < -0.39 is 23.5 Å². The topological polar surface area (TPSA) is 122 Å². The highest BCUT2D eigenvalue weighted by molar-refractivity contribution is 6.03. The molecular formula is C40H61N3O8. The van der Waals surface area contributed by atoms with Crippen molar-refractivity contribution in [2.24, 2.45) is 22.9 Å². The van der Waals surface area contributed by atoms with E-state index >= 15 is 0 Å². The van der Waals surface area contributed by atoms with Crippen LogP contribution in [0.3, 0.4) is 0 Å². The zero-order valence-corrected chi connectivity index (χ0v) is 31.5. The van der Waals surface area contributed by atoms with Crippen LogP contribution in [0.4, 0.5) is 4.79 Å². The number of amides is 1. The molecule has 2 aliphatic heterocycles. The Bertz CT molecular complexity index is 1390. The Morgan fingerprint density at radius 2 is 1.90 bits per heavy atom. The number of hydrogen-bond donors (Lipinski definition) is 2. The lowest BCUT2D eigenvalue weighted by molar-refractivity contribution is -0.255. The quantitative estimate of drug-likeness (QED) is 0.0738. The summed E-state index contributed by atoms with van der Waals surface area (Å²) in [6, 6.07) is 5.50. The third-order valence-electron chi connectivity index (χ3n) is 10.5. The number of oxime groups is 1. The first-order chi connectivity index (χ1) is 24.6. The molecule has 2 aliphatic carbocycles. The van der Waals surface area contributed by atoms with Gasteiger partial charge in [0.1, 0.15) is 29.7 Å². The standard InChI is InChI=1S/C40H61N3O8/c1-7-17-43(38(46)47-6)35-27-33(41-51-39(3,4)5)31-25-28(13-9-11-21-44)30(14-10-12-22-45)36-32-26-29(48-24-20-42-18-19-42)15-16-34(32)50-40(35,37(31)36)49-23-8-2/h8,15-16,25-26,28,30,35-37,44-45H,2,7,9-14,17-24,27H2,1,3-6H3/t28-,30+,35-,36+,37+,40+/m0/s1. The zero-order valence-electron chi connectivity index (χ0n) is 31.5. The number of allylic oxidation sites excluding steroid dienone is 1. The van der Waals surface area contributed by atoms with Crippen molar-refractivity contribution in [2.75, 3.05) is 59.7 Å². The maximum atomic E-state index is 13.7. The van der Waals surface area contributed by atoms with Gasteiger partial charge in [0.15, 0.2) is 0 Å². The van der Waals surface area contributed by atoms with E-state index in [2.05, 4.69) is 23.6 Å². The maximum absolute atomic E-state index is 13.7. The van der Waals surface area contributed by atoms with Gasteiger partial charge in [-0.05, 0) is 88.5 Å². The van der Waals surface area contributed by atoms with Gasteiger partial charge in [-0.3, -0.25) is 9.80 Å². The van der Waals surface area contributed by atoms with E-state index in [9.17, 15) is 15.0 Å². The Balaban J connectivity index is 1.75. The van der Waals surface area contributed by atoms with Gasteiger partial charge in [0.2, 0.25) is 5.79 Å². The Morgan fingerprint density at radius 1 is 1.16 bits per heavy atom. The first-order valence-corrected chi connectivity index (χ1v) is 19.1. The van der Waals surface area contributed by atoms with Crippen LogP contribution in [0.15, 0.2) is 47.7 Å². The molecule has 51 heavy (non-hydrogen) atoms. The molecule has 11 heteroatoms. The van der Waals surface area contributed by atoms with Crippen molar-refractivity contribution < 1.29 is 38.8 Å². The lowest BCUT2D eigenvalue weighted by Gasteiger charge is -2.60. The van der Waals surface area contributed by atoms with Crippen molar-refractivity contribution in [2.45, 2.75) is 102 Å². The molecule has 0 bridgehead atoms. The molecule has 0 aromatic heterocycles. The van der Waals surface area contributed by atoms with Crippen LogP contribution in [0.25, 0.3) is 0 Å². The normalized spacial score (nSPS) is 27.5. The number of nitrogens with zero attached hydrogens (tertiary/aromatic N) is 3. The molecule has 0 spiro atoms. The monoisotopic (exact) mass is 711 g/mol. The van der Waals surface area contributed by atoms with Crippen molar-refractivity contribution >= 4 is 11.8 Å². The molecule has 0 radical (unpaired) electrons. The van der Waals surface area contributed by atoms with Gasteiger partial charge in [-0.15, -0.1) is 6.58 Å². The molecule has 2 fully saturated rings. The van der Waals surface area contributed by atoms with Crippen LogP contribution in [0.5, 0.6) is 11.5 Å². The number of unbranched alkanes of at least 4 members (excludes halogenated alkanes) is 2. The van der Waals surface area contributed by atoms with Crippen LogP contribution in [0.2, 0.25) is 0 Å². The van der Waals surface area contributed by atoms with Crippen LogP contribution in [0.1, 0.15) is 90.5 Å². The second kappa shape index (κ2) is 17.6. The van der Waals surface area contributed by atoms with Gasteiger partial charge in [-0.2, -0.15) is 0 Å². The van der Waals surface area contributed by atoms with Crippen molar-refractivity contribution in [3.63, 3.8) is 0 Å². The third-order valence-corrected chi connectivity index (χ3v) is 10.5. The lowest BCUT2D eigenvalue weighted by atomic mass is 9.55. The highest BCUT2D eigenvalue weighted by atomic mass is 16.7. The van der Waals surface area contributed by atoms with Crippen molar-refractivity contribution in [3.8, 4) is 11.5 Å². The van der Waals surface area contributed by atoms with Crippen molar-refractivity contribution in [3.05, 3.63) is 48.1 Å². The third kappa shape index (κ3) is 9.10. The van der Waals surface area contributed by atoms with Gasteiger partial charge in [-0.1, -0.05) is 37.1 Å². The molecule has 4 aliphatic rings. The number of ether oxygens (including phenoxy) is 4. The lowest BCUT2D eigenvalue weighted by Crippen LogP contribution is -2.70. The van der Waals surface area contributed by atoms with E-state index in [1.807, 2.05) is 39.8 Å². The molecule has 0 unspecified atom stereocenters. The minimum atomic E-state index is -1.30. The molecule has 2 N–H and O–H groups in total. The number of rotatable bonds is 19. The van der Waals surface area contributed by atoms with E-state index in [1.165, 1.54) is 7.11 Å². The zero-order chi connectivity index (χ0) is 36.6. The van der Waals surface area contributed by atoms with Crippen LogP contribution in [-0.2, 0) is 14.3 Å². The molecule has 6 atom stereocenters. The summed E-state index contributed by atoms with van der Waals surface area (Å²) < 4.78 is 25.9. The first kappa shape index (κ1) is 39.1. The van der Waals surface area contributed by atoms with Gasteiger partial charge in [0.05, 0.1) is 25.3 Å². The summed E-state index contributed by atoms with van der Waals surface area (Å²) in [6.07, 6.45) is 9.59. The summed E-state index contributed by atoms with van der Waals surface area (Å²) in [5.74, 6) is 0.0401. The minimum Gasteiger partial charge on any atom is -0.492 e. The smallest absolute Gasteiger partial charge is 0.409 e. The molecule has 11 nitrogen and oxygen atoms in total. The van der Waals surface area contributed by atoms with Crippen molar-refractivity contribution in [1.82, 2.24) is 9.80 Å². The van der Waals surface area contributed by atoms with Gasteiger partial charge in [0, 0.05) is 57.3 Å². The predicted molar refractivity (Wildman–Crippen MR) is 197 cm³/mol. The summed E-state index contributed by atoms with van der Waals surface area (Å²) in [5.41, 5.74) is 2.29. The van der Waals surface area contributed by atoms with Gasteiger partial charge >= 0.3 is 6.09 Å². The fraction of sp³-hybridized carbons (Fsp3) is 0.700. The van der Waals surface area contributed by atoms with E-state index in [4.69, 9.17) is 28.9 Å². The fourth-order valence-electron chi connectivity index (χ4n) is 8.25. The Hall–Kier alpha value is -3.12. The first-order valence-electron chi connectivity index (χ1n) is 19.1. The van der Waals surface area contributed by atoms with E-state index in [-0.39, 0.29) is 43.5 Å². The van der Waals surface area contributed by atoms with Crippen molar-refractivity contribution in [1.29, 1.82) is 0 Å². The molecule has 1 saturated carbocycles. The summed E-state index contributed by atoms with van der Waals surface area (Å²) in [7, 11) is 1.41. The summed E-state index contributed by atoms with van der Waals surface area (Å²) in [5, 5.41) is 24.5. The molecular weight excluding hydrogens is 650 g/mol. The Labute approximate surface area is 304 Å². The molecule has 1 saturated heterocycles. The number of methoxy groups -OCH3 is 1. The fourth-order valence-corrected chi connectivity index (χ4v) is 8.25. The second-order valence-electron chi connectivity index (χ2n) is 15.3. The number of aliphatic hydroxyl groups is 2. The predicted octanol–water partition coefficient (Wildman–Crippen LogP) is 6.29. The maximum Gasteiger partial charge on any atom is 0.409 e. The highest BCUT2D eigenvalue weighted by Gasteiger charge is 2.65. The molecule has 1 aromatic rings.